The Morgan fingerprint density at radius 1 is 1.05 bits per heavy atom. The number of sulfonamides is 1. The van der Waals surface area contributed by atoms with Crippen molar-refractivity contribution in [3.8, 4) is 0 Å². The number of nitrogens with one attached hydrogen (secondary N) is 1. The minimum Gasteiger partial charge on any atom is -0.210 e. The van der Waals surface area contributed by atoms with Gasteiger partial charge < -0.3 is 0 Å². The first-order chi connectivity index (χ1) is 9.90. The van der Waals surface area contributed by atoms with Crippen LogP contribution in [0.4, 0.5) is 0 Å². The van der Waals surface area contributed by atoms with Gasteiger partial charge in [-0.25, -0.2) is 13.1 Å². The molecular formula is C14H12BrCl2NO2S. The second kappa shape index (κ2) is 7.11. The molecule has 0 aromatic heterocycles. The van der Waals surface area contributed by atoms with Crippen molar-refractivity contribution < 1.29 is 8.42 Å². The van der Waals surface area contributed by atoms with Crippen molar-refractivity contribution in [2.45, 2.75) is 9.72 Å². The summed E-state index contributed by atoms with van der Waals surface area (Å²) in [7, 11) is -3.63. The Morgan fingerprint density at radius 3 is 2.33 bits per heavy atom. The summed E-state index contributed by atoms with van der Waals surface area (Å²) < 4.78 is 26.9. The normalized spacial score (nSPS) is 13.1. The topological polar surface area (TPSA) is 46.2 Å². The Morgan fingerprint density at radius 2 is 1.71 bits per heavy atom. The van der Waals surface area contributed by atoms with Crippen LogP contribution in [-0.4, -0.2) is 15.0 Å². The van der Waals surface area contributed by atoms with Gasteiger partial charge in [-0.3, -0.25) is 0 Å². The number of hydrogen-bond donors (Lipinski definition) is 1. The van der Waals surface area contributed by atoms with Crippen LogP contribution in [0.25, 0.3) is 0 Å². The molecule has 0 aliphatic rings. The zero-order valence-electron chi connectivity index (χ0n) is 10.8. The van der Waals surface area contributed by atoms with Crippen molar-refractivity contribution in [2.75, 3.05) is 6.54 Å². The molecule has 0 spiro atoms. The summed E-state index contributed by atoms with van der Waals surface area (Å²) in [6.45, 7) is 0.229. The minimum atomic E-state index is -3.63. The molecule has 3 nitrogen and oxygen atoms in total. The highest BCUT2D eigenvalue weighted by atomic mass is 79.9. The highest BCUT2D eigenvalue weighted by molar-refractivity contribution is 9.09. The highest BCUT2D eigenvalue weighted by Gasteiger charge is 2.17. The van der Waals surface area contributed by atoms with Gasteiger partial charge in [-0.2, -0.15) is 0 Å². The molecule has 7 heteroatoms. The fraction of sp³-hybridized carbons (Fsp3) is 0.143. The summed E-state index contributed by atoms with van der Waals surface area (Å²) >= 11 is 15.1. The second-order valence-electron chi connectivity index (χ2n) is 4.31. The third kappa shape index (κ3) is 4.44. The van der Waals surface area contributed by atoms with Crippen LogP contribution in [0.15, 0.2) is 53.4 Å². The van der Waals surface area contributed by atoms with Crippen LogP contribution in [0, 0.1) is 0 Å². The van der Waals surface area contributed by atoms with Crippen LogP contribution in [-0.2, 0) is 10.0 Å². The SMILES string of the molecule is O=S(=O)(NCC(Br)c1ccccc1)c1ccc(Cl)c(Cl)c1. The Bertz CT molecular complexity index is 723. The lowest BCUT2D eigenvalue weighted by Crippen LogP contribution is -2.27. The predicted molar refractivity (Wildman–Crippen MR) is 89.8 cm³/mol. The van der Waals surface area contributed by atoms with Gasteiger partial charge in [0.15, 0.2) is 0 Å². The van der Waals surface area contributed by atoms with E-state index in [0.29, 0.717) is 5.02 Å². The summed E-state index contributed by atoms with van der Waals surface area (Å²) in [6.07, 6.45) is 0. The smallest absolute Gasteiger partial charge is 0.210 e. The van der Waals surface area contributed by atoms with E-state index in [9.17, 15) is 8.42 Å². The molecule has 1 atom stereocenters. The largest absolute Gasteiger partial charge is 0.240 e. The summed E-state index contributed by atoms with van der Waals surface area (Å²) in [5, 5.41) is 0.524. The lowest BCUT2D eigenvalue weighted by molar-refractivity contribution is 0.581. The first-order valence-electron chi connectivity index (χ1n) is 6.04. The zero-order valence-corrected chi connectivity index (χ0v) is 14.7. The molecular weight excluding hydrogens is 397 g/mol. The fourth-order valence-electron chi connectivity index (χ4n) is 1.69. The average Bonchev–Trinajstić information content (AvgIpc) is 2.48. The Balaban J connectivity index is 2.09. The molecule has 0 saturated carbocycles. The van der Waals surface area contributed by atoms with Crippen LogP contribution < -0.4 is 4.72 Å². The van der Waals surface area contributed by atoms with Crippen molar-refractivity contribution >= 4 is 49.2 Å². The molecule has 0 radical (unpaired) electrons. The first-order valence-corrected chi connectivity index (χ1v) is 9.19. The molecule has 0 heterocycles. The predicted octanol–water partition coefficient (Wildman–Crippen LogP) is 4.41. The molecule has 21 heavy (non-hydrogen) atoms. The van der Waals surface area contributed by atoms with Crippen molar-refractivity contribution in [3.05, 3.63) is 64.1 Å². The molecule has 0 saturated heterocycles. The monoisotopic (exact) mass is 407 g/mol. The molecule has 1 unspecified atom stereocenters. The molecule has 2 aromatic carbocycles. The Labute approximate surface area is 142 Å². The van der Waals surface area contributed by atoms with Crippen molar-refractivity contribution in [1.29, 1.82) is 0 Å². The van der Waals surface area contributed by atoms with Gasteiger partial charge in [0.2, 0.25) is 10.0 Å². The molecule has 0 fully saturated rings. The third-order valence-corrected chi connectivity index (χ3v) is 5.83. The van der Waals surface area contributed by atoms with Crippen LogP contribution in [0.1, 0.15) is 10.4 Å². The molecule has 0 aliphatic heterocycles. The zero-order chi connectivity index (χ0) is 15.5. The average molecular weight is 409 g/mol. The van der Waals surface area contributed by atoms with E-state index in [-0.39, 0.29) is 21.3 Å². The van der Waals surface area contributed by atoms with E-state index in [0.717, 1.165) is 5.56 Å². The van der Waals surface area contributed by atoms with E-state index in [4.69, 9.17) is 23.2 Å². The third-order valence-electron chi connectivity index (χ3n) is 2.82. The van der Waals surface area contributed by atoms with Gasteiger partial charge in [0.25, 0.3) is 0 Å². The van der Waals surface area contributed by atoms with E-state index in [1.165, 1.54) is 18.2 Å². The first kappa shape index (κ1) is 16.8. The van der Waals surface area contributed by atoms with E-state index < -0.39 is 10.0 Å². The van der Waals surface area contributed by atoms with E-state index in [2.05, 4.69) is 20.7 Å². The number of alkyl halides is 1. The van der Waals surface area contributed by atoms with Crippen molar-refractivity contribution in [2.24, 2.45) is 0 Å². The summed E-state index contributed by atoms with van der Waals surface area (Å²) in [5.74, 6) is 0. The molecule has 112 valence electrons. The molecule has 0 bridgehead atoms. The number of rotatable bonds is 5. The van der Waals surface area contributed by atoms with Crippen molar-refractivity contribution in [3.63, 3.8) is 0 Å². The Kier molecular flexibility index (Phi) is 5.68. The molecule has 1 N–H and O–H groups in total. The van der Waals surface area contributed by atoms with E-state index >= 15 is 0 Å². The highest BCUT2D eigenvalue weighted by Crippen LogP contribution is 2.26. The number of halogens is 3. The van der Waals surface area contributed by atoms with Crippen molar-refractivity contribution in [1.82, 2.24) is 4.72 Å². The van der Waals surface area contributed by atoms with Crippen LogP contribution in [0.2, 0.25) is 10.0 Å². The summed E-state index contributed by atoms with van der Waals surface area (Å²) in [4.78, 5) is -0.0269. The lowest BCUT2D eigenvalue weighted by Gasteiger charge is -2.12. The lowest BCUT2D eigenvalue weighted by atomic mass is 10.2. The quantitative estimate of drug-likeness (QED) is 0.744. The standard InChI is InChI=1S/C14H12BrCl2NO2S/c15-12(10-4-2-1-3-5-10)9-18-21(19,20)11-6-7-13(16)14(17)8-11/h1-8,12,18H,9H2. The van der Waals surface area contributed by atoms with E-state index in [1.54, 1.807) is 0 Å². The van der Waals surface area contributed by atoms with Gasteiger partial charge in [-0.05, 0) is 23.8 Å². The van der Waals surface area contributed by atoms with Gasteiger partial charge in [0, 0.05) is 6.54 Å². The van der Waals surface area contributed by atoms with Crippen LogP contribution in [0.3, 0.4) is 0 Å². The van der Waals surface area contributed by atoms with Gasteiger partial charge in [0.1, 0.15) is 0 Å². The Hall–Kier alpha value is -0.590. The fourth-order valence-corrected chi connectivity index (χ4v) is 3.81. The van der Waals surface area contributed by atoms with Gasteiger partial charge in [0.05, 0.1) is 19.8 Å². The maximum Gasteiger partial charge on any atom is 0.240 e. The second-order valence-corrected chi connectivity index (χ2v) is 7.99. The van der Waals surface area contributed by atoms with E-state index in [1.807, 2.05) is 30.3 Å². The maximum absolute atomic E-state index is 12.2. The molecule has 0 amide bonds. The van der Waals surface area contributed by atoms with Gasteiger partial charge in [-0.1, -0.05) is 69.5 Å². The summed E-state index contributed by atoms with van der Waals surface area (Å²) in [6, 6.07) is 13.8. The number of hydrogen-bond acceptors (Lipinski definition) is 2. The summed E-state index contributed by atoms with van der Waals surface area (Å²) in [5.41, 5.74) is 0.995. The van der Waals surface area contributed by atoms with Gasteiger partial charge >= 0.3 is 0 Å². The van der Waals surface area contributed by atoms with Crippen LogP contribution >= 0.6 is 39.1 Å². The molecule has 2 rings (SSSR count). The number of benzene rings is 2. The van der Waals surface area contributed by atoms with Gasteiger partial charge in [-0.15, -0.1) is 0 Å². The minimum absolute atomic E-state index is 0.0876. The molecule has 0 aliphatic carbocycles. The maximum atomic E-state index is 12.2. The molecule has 2 aromatic rings. The van der Waals surface area contributed by atoms with Crippen LogP contribution in [0.5, 0.6) is 0 Å².